The van der Waals surface area contributed by atoms with Crippen molar-refractivity contribution in [2.24, 2.45) is 0 Å². The third kappa shape index (κ3) is 2.85. The molecule has 0 N–H and O–H groups in total. The Morgan fingerprint density at radius 1 is 1.00 bits per heavy atom. The highest BCUT2D eigenvalue weighted by molar-refractivity contribution is 5.35. The lowest BCUT2D eigenvalue weighted by Gasteiger charge is -2.36. The van der Waals surface area contributed by atoms with Gasteiger partial charge in [0.2, 0.25) is 0 Å². The van der Waals surface area contributed by atoms with E-state index < -0.39 is 0 Å². The topological polar surface area (TPSA) is 25.4 Å². The molecule has 1 aliphatic carbocycles. The van der Waals surface area contributed by atoms with Gasteiger partial charge in [0.1, 0.15) is 5.75 Å². The molecule has 130 valence electrons. The fourth-order valence-corrected chi connectivity index (χ4v) is 5.01. The van der Waals surface area contributed by atoms with Crippen molar-refractivity contribution in [2.45, 2.75) is 69.7 Å². The van der Waals surface area contributed by atoms with E-state index in [1.54, 1.807) is 0 Å². The molecule has 1 saturated heterocycles. The van der Waals surface area contributed by atoms with Gasteiger partial charge in [-0.15, -0.1) is 0 Å². The number of aromatic nitrogens is 1. The third-order valence-electron chi connectivity index (χ3n) is 6.28. The molecular formula is C22H26N2O. The molecule has 3 heterocycles. The quantitative estimate of drug-likeness (QED) is 0.813. The van der Waals surface area contributed by atoms with Crippen LogP contribution >= 0.6 is 0 Å². The molecule has 3 aliphatic rings. The van der Waals surface area contributed by atoms with Crippen LogP contribution in [0.4, 0.5) is 0 Å². The van der Waals surface area contributed by atoms with Gasteiger partial charge in [0.05, 0.1) is 6.10 Å². The molecule has 25 heavy (non-hydrogen) atoms. The minimum Gasteiger partial charge on any atom is -0.490 e. The molecule has 5 rings (SSSR count). The predicted molar refractivity (Wildman–Crippen MR) is 98.6 cm³/mol. The van der Waals surface area contributed by atoms with Crippen LogP contribution in [0.15, 0.2) is 42.6 Å². The van der Waals surface area contributed by atoms with Crippen LogP contribution in [-0.2, 0) is 13.0 Å². The Bertz CT molecular complexity index is 753. The highest BCUT2D eigenvalue weighted by atomic mass is 16.5. The average molecular weight is 334 g/mol. The summed E-state index contributed by atoms with van der Waals surface area (Å²) in [4.78, 5) is 7.33. The summed E-state index contributed by atoms with van der Waals surface area (Å²) in [5.74, 6) is 1.10. The van der Waals surface area contributed by atoms with E-state index in [4.69, 9.17) is 4.74 Å². The highest BCUT2D eigenvalue weighted by Gasteiger charge is 2.40. The Morgan fingerprint density at radius 3 is 2.80 bits per heavy atom. The Labute approximate surface area is 150 Å². The van der Waals surface area contributed by atoms with Gasteiger partial charge < -0.3 is 4.74 Å². The molecule has 1 aromatic carbocycles. The van der Waals surface area contributed by atoms with Gasteiger partial charge in [0.15, 0.2) is 0 Å². The average Bonchev–Trinajstić information content (AvgIpc) is 3.24. The van der Waals surface area contributed by atoms with Crippen molar-refractivity contribution in [3.8, 4) is 5.75 Å². The molecule has 0 unspecified atom stereocenters. The standard InChI is InChI=1S/C22H26N2O/c1-4-10-22(25-18-7-2-3-8-18)16(6-1)15-24-17-11-12-21(24)19-9-5-13-23-20(19)14-17/h1,4-6,9-10,13,17-18,21H,2-3,7-8,11-12,14-15H2/t17-,21+/m0/s1. The molecule has 1 aromatic heterocycles. The van der Waals surface area contributed by atoms with E-state index in [0.29, 0.717) is 18.2 Å². The van der Waals surface area contributed by atoms with E-state index in [1.165, 1.54) is 55.3 Å². The number of hydrogen-bond donors (Lipinski definition) is 0. The van der Waals surface area contributed by atoms with Gasteiger partial charge in [-0.05, 0) is 56.2 Å². The summed E-state index contributed by atoms with van der Waals surface area (Å²) in [6, 6.07) is 14.2. The number of hydrogen-bond acceptors (Lipinski definition) is 3. The summed E-state index contributed by atoms with van der Waals surface area (Å²) < 4.78 is 6.37. The SMILES string of the molecule is c1ccc(OC2CCCC2)c(CN2[C@H]3CC[C@@H]2c2cccnc2C3)c1. The smallest absolute Gasteiger partial charge is 0.124 e. The first kappa shape index (κ1) is 15.4. The second kappa shape index (κ2) is 6.45. The molecule has 3 heteroatoms. The van der Waals surface area contributed by atoms with E-state index in [9.17, 15) is 0 Å². The van der Waals surface area contributed by atoms with Gasteiger partial charge in [-0.3, -0.25) is 9.88 Å². The largest absolute Gasteiger partial charge is 0.490 e. The summed E-state index contributed by atoms with van der Waals surface area (Å²) in [6.45, 7) is 0.993. The number of ether oxygens (including phenoxy) is 1. The molecule has 0 radical (unpaired) electrons. The Balaban J connectivity index is 1.39. The molecule has 3 nitrogen and oxygen atoms in total. The zero-order chi connectivity index (χ0) is 16.6. The van der Waals surface area contributed by atoms with Crippen molar-refractivity contribution in [2.75, 3.05) is 0 Å². The summed E-state index contributed by atoms with van der Waals surface area (Å²) in [6.07, 6.45) is 11.0. The number of benzene rings is 1. The second-order valence-electron chi connectivity index (χ2n) is 7.79. The highest BCUT2D eigenvalue weighted by Crippen LogP contribution is 2.44. The monoisotopic (exact) mass is 334 g/mol. The first-order valence-electron chi connectivity index (χ1n) is 9.82. The second-order valence-corrected chi connectivity index (χ2v) is 7.79. The Kier molecular flexibility index (Phi) is 3.97. The van der Waals surface area contributed by atoms with Crippen molar-refractivity contribution < 1.29 is 4.74 Å². The van der Waals surface area contributed by atoms with Gasteiger partial charge in [-0.1, -0.05) is 24.3 Å². The maximum atomic E-state index is 6.37. The van der Waals surface area contributed by atoms with Crippen molar-refractivity contribution in [1.29, 1.82) is 0 Å². The van der Waals surface area contributed by atoms with Crippen molar-refractivity contribution in [3.63, 3.8) is 0 Å². The maximum absolute atomic E-state index is 6.37. The van der Waals surface area contributed by atoms with E-state index >= 15 is 0 Å². The molecule has 0 amide bonds. The van der Waals surface area contributed by atoms with Crippen LogP contribution in [-0.4, -0.2) is 22.0 Å². The number of para-hydroxylation sites is 1. The van der Waals surface area contributed by atoms with Crippen molar-refractivity contribution in [1.82, 2.24) is 9.88 Å². The van der Waals surface area contributed by atoms with Crippen LogP contribution in [0.25, 0.3) is 0 Å². The maximum Gasteiger partial charge on any atom is 0.124 e. The number of pyridine rings is 1. The zero-order valence-corrected chi connectivity index (χ0v) is 14.7. The van der Waals surface area contributed by atoms with Crippen molar-refractivity contribution in [3.05, 3.63) is 59.4 Å². The third-order valence-corrected chi connectivity index (χ3v) is 6.28. The Morgan fingerprint density at radius 2 is 1.88 bits per heavy atom. The van der Waals surface area contributed by atoms with Crippen LogP contribution in [0.3, 0.4) is 0 Å². The molecule has 2 aliphatic heterocycles. The summed E-state index contributed by atoms with van der Waals surface area (Å²) in [5.41, 5.74) is 4.12. The van der Waals surface area contributed by atoms with E-state index in [2.05, 4.69) is 46.3 Å². The van der Waals surface area contributed by atoms with Gasteiger partial charge in [0.25, 0.3) is 0 Å². The fraction of sp³-hybridized carbons (Fsp3) is 0.500. The van der Waals surface area contributed by atoms with Gasteiger partial charge in [-0.2, -0.15) is 0 Å². The molecule has 2 atom stereocenters. The van der Waals surface area contributed by atoms with Crippen LogP contribution in [0.1, 0.15) is 61.4 Å². The number of nitrogens with zero attached hydrogens (tertiary/aromatic N) is 2. The minimum absolute atomic E-state index is 0.421. The lowest BCUT2D eigenvalue weighted by atomic mass is 9.97. The number of rotatable bonds is 4. The summed E-state index contributed by atoms with van der Waals surface area (Å²) >= 11 is 0. The van der Waals surface area contributed by atoms with Gasteiger partial charge >= 0.3 is 0 Å². The lowest BCUT2D eigenvalue weighted by molar-refractivity contribution is 0.158. The molecule has 1 saturated carbocycles. The molecule has 2 fully saturated rings. The van der Waals surface area contributed by atoms with Crippen molar-refractivity contribution >= 4 is 0 Å². The molecule has 2 bridgehead atoms. The summed E-state index contributed by atoms with van der Waals surface area (Å²) in [7, 11) is 0. The minimum atomic E-state index is 0.421. The number of fused-ring (bicyclic) bond motifs is 4. The predicted octanol–water partition coefficient (Wildman–Crippen LogP) is 4.66. The van der Waals surface area contributed by atoms with Gasteiger partial charge in [-0.25, -0.2) is 0 Å². The molecular weight excluding hydrogens is 308 g/mol. The van der Waals surface area contributed by atoms with Crippen LogP contribution in [0.2, 0.25) is 0 Å². The molecule has 2 aromatic rings. The first-order chi connectivity index (χ1) is 12.4. The van der Waals surface area contributed by atoms with E-state index in [-0.39, 0.29) is 0 Å². The normalized spacial score (nSPS) is 25.9. The van der Waals surface area contributed by atoms with Crippen LogP contribution in [0, 0.1) is 0 Å². The molecule has 0 spiro atoms. The van der Waals surface area contributed by atoms with E-state index in [1.807, 2.05) is 6.20 Å². The Hall–Kier alpha value is -1.87. The van der Waals surface area contributed by atoms with Crippen LogP contribution < -0.4 is 4.74 Å². The summed E-state index contributed by atoms with van der Waals surface area (Å²) in [5, 5.41) is 0. The van der Waals surface area contributed by atoms with Crippen LogP contribution in [0.5, 0.6) is 5.75 Å². The fourth-order valence-electron chi connectivity index (χ4n) is 5.01. The van der Waals surface area contributed by atoms with E-state index in [0.717, 1.165) is 18.7 Å². The first-order valence-corrected chi connectivity index (χ1v) is 9.82. The van der Waals surface area contributed by atoms with Gasteiger partial charge in [0, 0.05) is 42.5 Å². The lowest BCUT2D eigenvalue weighted by Crippen LogP contribution is -2.37. The zero-order valence-electron chi connectivity index (χ0n) is 14.7.